The van der Waals surface area contributed by atoms with E-state index < -0.39 is 5.97 Å². The number of carbonyl (C=O) groups excluding carboxylic acids is 1. The van der Waals surface area contributed by atoms with Gasteiger partial charge >= 0.3 is 5.97 Å². The van der Waals surface area contributed by atoms with Gasteiger partial charge in [0.1, 0.15) is 0 Å². The average molecular weight is 360 g/mol. The van der Waals surface area contributed by atoms with Crippen LogP contribution in [0.25, 0.3) is 11.3 Å². The van der Waals surface area contributed by atoms with Crippen LogP contribution in [0.1, 0.15) is 27.0 Å². The molecular weight excluding hydrogens is 340 g/mol. The molecule has 0 radical (unpaired) electrons. The summed E-state index contributed by atoms with van der Waals surface area (Å²) < 4.78 is 0. The summed E-state index contributed by atoms with van der Waals surface area (Å²) >= 11 is 0. The fourth-order valence-corrected chi connectivity index (χ4v) is 2.75. The van der Waals surface area contributed by atoms with E-state index >= 15 is 0 Å². The fraction of sp³-hybridized carbons (Fsp3) is 0.136. The lowest BCUT2D eigenvalue weighted by atomic mass is 10.1. The van der Waals surface area contributed by atoms with Gasteiger partial charge in [-0.15, -0.1) is 0 Å². The van der Waals surface area contributed by atoms with E-state index in [9.17, 15) is 9.59 Å². The van der Waals surface area contributed by atoms with Gasteiger partial charge in [0, 0.05) is 18.3 Å². The van der Waals surface area contributed by atoms with E-state index in [1.54, 1.807) is 30.5 Å². The minimum absolute atomic E-state index is 0.0585. The molecule has 0 aliphatic carbocycles. The lowest BCUT2D eigenvalue weighted by Crippen LogP contribution is -2.24. The maximum absolute atomic E-state index is 12.1. The van der Waals surface area contributed by atoms with E-state index in [4.69, 9.17) is 5.11 Å². The van der Waals surface area contributed by atoms with Crippen molar-refractivity contribution in [1.29, 1.82) is 0 Å². The highest BCUT2D eigenvalue weighted by Gasteiger charge is 2.07. The van der Waals surface area contributed by atoms with E-state index in [1.165, 1.54) is 0 Å². The Bertz CT molecular complexity index is 948. The molecule has 1 amide bonds. The molecule has 2 aromatic carbocycles. The summed E-state index contributed by atoms with van der Waals surface area (Å²) in [5, 5.41) is 11.9. The Morgan fingerprint density at radius 3 is 2.41 bits per heavy atom. The second-order valence-corrected chi connectivity index (χ2v) is 6.38. The molecule has 27 heavy (non-hydrogen) atoms. The molecule has 1 heterocycles. The summed E-state index contributed by atoms with van der Waals surface area (Å²) in [6.07, 6.45) is 1.93. The molecule has 0 aliphatic rings. The van der Waals surface area contributed by atoms with Crippen LogP contribution in [0.15, 0.2) is 66.9 Å². The van der Waals surface area contributed by atoms with Crippen molar-refractivity contribution in [2.24, 2.45) is 0 Å². The zero-order valence-electron chi connectivity index (χ0n) is 15.0. The minimum atomic E-state index is -0.957. The van der Waals surface area contributed by atoms with Crippen molar-refractivity contribution < 1.29 is 14.7 Å². The largest absolute Gasteiger partial charge is 0.478 e. The topological polar surface area (TPSA) is 79.3 Å². The monoisotopic (exact) mass is 360 g/mol. The Kier molecular flexibility index (Phi) is 5.61. The molecule has 0 fully saturated rings. The van der Waals surface area contributed by atoms with Crippen LogP contribution in [0.4, 0.5) is 0 Å². The first-order valence-electron chi connectivity index (χ1n) is 8.62. The molecule has 5 heteroatoms. The van der Waals surface area contributed by atoms with Crippen LogP contribution in [0.5, 0.6) is 0 Å². The van der Waals surface area contributed by atoms with Crippen molar-refractivity contribution in [3.05, 3.63) is 89.1 Å². The first-order valence-corrected chi connectivity index (χ1v) is 8.62. The number of nitrogens with one attached hydrogen (secondary N) is 1. The molecule has 0 bridgehead atoms. The van der Waals surface area contributed by atoms with Crippen molar-refractivity contribution in [2.45, 2.75) is 19.9 Å². The Morgan fingerprint density at radius 1 is 1.00 bits per heavy atom. The van der Waals surface area contributed by atoms with Gasteiger partial charge in [0.05, 0.1) is 17.7 Å². The number of benzene rings is 2. The third kappa shape index (κ3) is 5.01. The second kappa shape index (κ2) is 8.27. The quantitative estimate of drug-likeness (QED) is 0.704. The smallest absolute Gasteiger partial charge is 0.335 e. The average Bonchev–Trinajstić information content (AvgIpc) is 2.67. The van der Waals surface area contributed by atoms with E-state index in [0.29, 0.717) is 6.54 Å². The van der Waals surface area contributed by atoms with Gasteiger partial charge in [-0.2, -0.15) is 0 Å². The van der Waals surface area contributed by atoms with E-state index in [0.717, 1.165) is 27.9 Å². The van der Waals surface area contributed by atoms with Gasteiger partial charge in [-0.25, -0.2) is 4.79 Å². The van der Waals surface area contributed by atoms with Gasteiger partial charge in [0.15, 0.2) is 0 Å². The third-order valence-corrected chi connectivity index (χ3v) is 4.19. The lowest BCUT2D eigenvalue weighted by molar-refractivity contribution is -0.120. The van der Waals surface area contributed by atoms with E-state index in [1.807, 2.05) is 43.3 Å². The van der Waals surface area contributed by atoms with Gasteiger partial charge < -0.3 is 10.4 Å². The van der Waals surface area contributed by atoms with Gasteiger partial charge in [-0.1, -0.05) is 48.0 Å². The molecule has 0 saturated heterocycles. The number of amides is 1. The van der Waals surface area contributed by atoms with E-state index in [2.05, 4.69) is 10.3 Å². The van der Waals surface area contributed by atoms with Crippen LogP contribution < -0.4 is 5.32 Å². The second-order valence-electron chi connectivity index (χ2n) is 6.38. The first-order chi connectivity index (χ1) is 13.0. The van der Waals surface area contributed by atoms with Crippen LogP contribution in [0.2, 0.25) is 0 Å². The molecule has 136 valence electrons. The normalized spacial score (nSPS) is 10.4. The maximum atomic E-state index is 12.1. The number of pyridine rings is 1. The van der Waals surface area contributed by atoms with Crippen LogP contribution in [0.3, 0.4) is 0 Å². The van der Waals surface area contributed by atoms with Crippen LogP contribution in [-0.2, 0) is 17.8 Å². The van der Waals surface area contributed by atoms with E-state index in [-0.39, 0.29) is 17.9 Å². The van der Waals surface area contributed by atoms with Gasteiger partial charge in [0.25, 0.3) is 0 Å². The molecule has 0 spiro atoms. The maximum Gasteiger partial charge on any atom is 0.335 e. The summed E-state index contributed by atoms with van der Waals surface area (Å²) in [5.74, 6) is -1.02. The molecule has 0 atom stereocenters. The summed E-state index contributed by atoms with van der Waals surface area (Å²) in [4.78, 5) is 27.4. The van der Waals surface area contributed by atoms with Gasteiger partial charge in [-0.3, -0.25) is 9.78 Å². The minimum Gasteiger partial charge on any atom is -0.478 e. The van der Waals surface area contributed by atoms with Gasteiger partial charge in [0.2, 0.25) is 5.91 Å². The van der Waals surface area contributed by atoms with Crippen LogP contribution in [0, 0.1) is 6.92 Å². The van der Waals surface area contributed by atoms with Crippen molar-refractivity contribution in [2.75, 3.05) is 0 Å². The number of aromatic carboxylic acids is 1. The van der Waals surface area contributed by atoms with Crippen molar-refractivity contribution in [3.8, 4) is 11.3 Å². The van der Waals surface area contributed by atoms with Gasteiger partial charge in [-0.05, 0) is 36.2 Å². The predicted molar refractivity (Wildman–Crippen MR) is 103 cm³/mol. The van der Waals surface area contributed by atoms with Crippen LogP contribution >= 0.6 is 0 Å². The Morgan fingerprint density at radius 2 is 1.78 bits per heavy atom. The fourth-order valence-electron chi connectivity index (χ4n) is 2.75. The summed E-state index contributed by atoms with van der Waals surface area (Å²) in [6.45, 7) is 2.52. The van der Waals surface area contributed by atoms with Crippen molar-refractivity contribution in [1.82, 2.24) is 10.3 Å². The number of hydrogen-bond donors (Lipinski definition) is 2. The third-order valence-electron chi connectivity index (χ3n) is 4.19. The number of carboxylic acid groups (broad SMARTS) is 1. The number of hydrogen-bond acceptors (Lipinski definition) is 3. The number of carboxylic acids is 1. The van der Waals surface area contributed by atoms with Crippen molar-refractivity contribution in [3.63, 3.8) is 0 Å². The highest BCUT2D eigenvalue weighted by Crippen LogP contribution is 2.18. The zero-order valence-corrected chi connectivity index (χ0v) is 15.0. The molecule has 0 saturated carbocycles. The summed E-state index contributed by atoms with van der Waals surface area (Å²) in [5.41, 5.74) is 4.86. The highest BCUT2D eigenvalue weighted by atomic mass is 16.4. The molecule has 2 N–H and O–H groups in total. The first kappa shape index (κ1) is 18.3. The SMILES string of the molecule is Cc1cccc(CNC(=O)Cc2ccc(-c3ccc(C(=O)O)cc3)nc2)c1. The number of carbonyl (C=O) groups is 2. The molecule has 0 aliphatic heterocycles. The number of aromatic nitrogens is 1. The Balaban J connectivity index is 1.58. The molecule has 0 unspecified atom stereocenters. The number of aryl methyl sites for hydroxylation is 1. The standard InChI is InChI=1S/C22H20N2O3/c1-15-3-2-4-16(11-15)14-24-21(25)12-17-5-10-20(23-13-17)18-6-8-19(9-7-18)22(26)27/h2-11,13H,12,14H2,1H3,(H,24,25)(H,26,27). The Hall–Kier alpha value is -3.47. The van der Waals surface area contributed by atoms with Crippen molar-refractivity contribution >= 4 is 11.9 Å². The van der Waals surface area contributed by atoms with Crippen LogP contribution in [-0.4, -0.2) is 22.0 Å². The summed E-state index contributed by atoms with van der Waals surface area (Å²) in [7, 11) is 0. The highest BCUT2D eigenvalue weighted by molar-refractivity contribution is 5.88. The molecule has 3 rings (SSSR count). The lowest BCUT2D eigenvalue weighted by Gasteiger charge is -2.07. The zero-order chi connectivity index (χ0) is 19.2. The number of rotatable bonds is 6. The Labute approximate surface area is 157 Å². The molecule has 5 nitrogen and oxygen atoms in total. The molecular formula is C22H20N2O3. The summed E-state index contributed by atoms with van der Waals surface area (Å²) in [6, 6.07) is 18.3. The molecule has 3 aromatic rings. The molecule has 1 aromatic heterocycles. The predicted octanol–water partition coefficient (Wildman–Crippen LogP) is 3.61. The number of nitrogens with zero attached hydrogens (tertiary/aromatic N) is 1.